The Labute approximate surface area is 135 Å². The fourth-order valence-electron chi connectivity index (χ4n) is 3.00. The number of nitriles is 1. The molecule has 0 saturated carbocycles. The molecule has 3 rings (SSSR count). The third-order valence-electron chi connectivity index (χ3n) is 4.35. The zero-order valence-electron chi connectivity index (χ0n) is 13.0. The molecular weight excluding hydrogens is 293 g/mol. The lowest BCUT2D eigenvalue weighted by Gasteiger charge is -2.38. The number of halogens is 1. The average Bonchev–Trinajstić information content (AvgIpc) is 2.62. The van der Waals surface area contributed by atoms with Gasteiger partial charge in [0.05, 0.1) is 17.3 Å². The summed E-state index contributed by atoms with van der Waals surface area (Å²) in [7, 11) is 2.02. The van der Waals surface area contributed by atoms with Crippen LogP contribution in [0.15, 0.2) is 36.5 Å². The summed E-state index contributed by atoms with van der Waals surface area (Å²) in [6, 6.07) is 10.8. The molecule has 1 aliphatic heterocycles. The topological polar surface area (TPSA) is 56.1 Å². The second-order valence-corrected chi connectivity index (χ2v) is 5.69. The molecular formula is C17H18FN5. The van der Waals surface area contributed by atoms with Crippen LogP contribution in [0.5, 0.6) is 0 Å². The highest BCUT2D eigenvalue weighted by atomic mass is 19.1. The molecule has 0 aliphatic carbocycles. The second-order valence-electron chi connectivity index (χ2n) is 5.69. The third kappa shape index (κ3) is 3.24. The first kappa shape index (κ1) is 15.2. The zero-order chi connectivity index (χ0) is 16.2. The van der Waals surface area contributed by atoms with E-state index in [1.807, 2.05) is 30.1 Å². The molecule has 1 fully saturated rings. The number of anilines is 2. The Morgan fingerprint density at radius 1 is 1.30 bits per heavy atom. The average molecular weight is 311 g/mol. The molecule has 6 heteroatoms. The molecule has 1 aromatic carbocycles. The van der Waals surface area contributed by atoms with E-state index in [4.69, 9.17) is 5.26 Å². The number of hydrogen-bond acceptors (Lipinski definition) is 5. The van der Waals surface area contributed by atoms with Gasteiger partial charge in [0, 0.05) is 32.4 Å². The summed E-state index contributed by atoms with van der Waals surface area (Å²) in [5.41, 5.74) is 0.924. The zero-order valence-corrected chi connectivity index (χ0v) is 13.0. The lowest BCUT2D eigenvalue weighted by molar-refractivity contribution is 0.474. The number of rotatable bonds is 3. The fourth-order valence-corrected chi connectivity index (χ4v) is 3.00. The van der Waals surface area contributed by atoms with Crippen molar-refractivity contribution in [2.45, 2.75) is 18.9 Å². The molecule has 0 radical (unpaired) electrons. The van der Waals surface area contributed by atoms with E-state index < -0.39 is 0 Å². The Morgan fingerprint density at radius 3 is 2.70 bits per heavy atom. The van der Waals surface area contributed by atoms with Crippen molar-refractivity contribution in [1.29, 1.82) is 5.26 Å². The summed E-state index contributed by atoms with van der Waals surface area (Å²) in [6.07, 6.45) is 3.51. The van der Waals surface area contributed by atoms with Crippen molar-refractivity contribution in [3.05, 3.63) is 47.9 Å². The predicted octanol–water partition coefficient (Wildman–Crippen LogP) is 2.59. The van der Waals surface area contributed by atoms with Gasteiger partial charge in [-0.2, -0.15) is 10.4 Å². The van der Waals surface area contributed by atoms with E-state index in [-0.39, 0.29) is 5.82 Å². The minimum absolute atomic E-state index is 0.329. The third-order valence-corrected chi connectivity index (χ3v) is 4.35. The van der Waals surface area contributed by atoms with Crippen LogP contribution in [0.2, 0.25) is 0 Å². The van der Waals surface area contributed by atoms with Gasteiger partial charge in [-0.3, -0.25) is 0 Å². The van der Waals surface area contributed by atoms with Crippen LogP contribution >= 0.6 is 0 Å². The quantitative estimate of drug-likeness (QED) is 0.872. The molecule has 5 nitrogen and oxygen atoms in total. The number of nitrogens with zero attached hydrogens (tertiary/aromatic N) is 5. The summed E-state index contributed by atoms with van der Waals surface area (Å²) in [5, 5.41) is 16.9. The van der Waals surface area contributed by atoms with Crippen molar-refractivity contribution in [1.82, 2.24) is 10.2 Å². The molecule has 0 bridgehead atoms. The fraction of sp³-hybridized carbons (Fsp3) is 0.353. The second kappa shape index (κ2) is 6.61. The minimum atomic E-state index is -0.329. The minimum Gasteiger partial charge on any atom is -0.369 e. The van der Waals surface area contributed by atoms with Crippen LogP contribution in [0.3, 0.4) is 0 Å². The van der Waals surface area contributed by atoms with E-state index in [2.05, 4.69) is 15.1 Å². The molecule has 1 aromatic heterocycles. The van der Waals surface area contributed by atoms with E-state index in [0.29, 0.717) is 17.3 Å². The predicted molar refractivity (Wildman–Crippen MR) is 86.8 cm³/mol. The summed E-state index contributed by atoms with van der Waals surface area (Å²) < 4.78 is 14.1. The molecule has 1 saturated heterocycles. The van der Waals surface area contributed by atoms with Crippen LogP contribution in [0, 0.1) is 17.1 Å². The van der Waals surface area contributed by atoms with Crippen molar-refractivity contribution in [2.24, 2.45) is 0 Å². The monoisotopic (exact) mass is 311 g/mol. The number of hydrogen-bond donors (Lipinski definition) is 0. The first-order chi connectivity index (χ1) is 11.2. The van der Waals surface area contributed by atoms with E-state index >= 15 is 0 Å². The van der Waals surface area contributed by atoms with Crippen molar-refractivity contribution < 1.29 is 4.39 Å². The van der Waals surface area contributed by atoms with Gasteiger partial charge in [0.15, 0.2) is 5.82 Å². The number of piperidine rings is 1. The number of benzene rings is 1. The maximum absolute atomic E-state index is 14.1. The Kier molecular flexibility index (Phi) is 4.38. The standard InChI is InChI=1S/C17H18FN5/c1-22(17-3-2-8-20-21-17)14-6-9-23(10-7-14)16-5-4-13(12-19)11-15(16)18/h2-5,8,11,14H,6-7,9-10H2,1H3. The molecule has 0 N–H and O–H groups in total. The van der Waals surface area contributed by atoms with Crippen molar-refractivity contribution >= 4 is 11.5 Å². The highest BCUT2D eigenvalue weighted by Crippen LogP contribution is 2.26. The maximum atomic E-state index is 14.1. The van der Waals surface area contributed by atoms with Gasteiger partial charge in [0.25, 0.3) is 0 Å². The van der Waals surface area contributed by atoms with Crippen molar-refractivity contribution in [3.63, 3.8) is 0 Å². The Bertz CT molecular complexity index is 705. The molecule has 118 valence electrons. The van der Waals surface area contributed by atoms with E-state index in [9.17, 15) is 4.39 Å². The molecule has 2 aromatic rings. The molecule has 0 amide bonds. The summed E-state index contributed by atoms with van der Waals surface area (Å²) in [5.74, 6) is 0.528. The Balaban J connectivity index is 1.66. The largest absolute Gasteiger partial charge is 0.369 e. The van der Waals surface area contributed by atoms with E-state index in [1.54, 1.807) is 18.3 Å². The van der Waals surface area contributed by atoms with E-state index in [1.165, 1.54) is 6.07 Å². The lowest BCUT2D eigenvalue weighted by Crippen LogP contribution is -2.44. The lowest BCUT2D eigenvalue weighted by atomic mass is 10.0. The normalized spacial score (nSPS) is 15.3. The number of aromatic nitrogens is 2. The van der Waals surface area contributed by atoms with Crippen LogP contribution < -0.4 is 9.80 Å². The van der Waals surface area contributed by atoms with Gasteiger partial charge in [-0.1, -0.05) is 0 Å². The molecule has 1 aliphatic rings. The van der Waals surface area contributed by atoms with Gasteiger partial charge in [-0.15, -0.1) is 5.10 Å². The highest BCUT2D eigenvalue weighted by molar-refractivity contribution is 5.51. The summed E-state index contributed by atoms with van der Waals surface area (Å²) in [4.78, 5) is 4.18. The molecule has 0 atom stereocenters. The Morgan fingerprint density at radius 2 is 2.09 bits per heavy atom. The van der Waals surface area contributed by atoms with Crippen LogP contribution in [-0.2, 0) is 0 Å². The van der Waals surface area contributed by atoms with Crippen molar-refractivity contribution in [2.75, 3.05) is 29.9 Å². The van der Waals surface area contributed by atoms with Crippen molar-refractivity contribution in [3.8, 4) is 6.07 Å². The Hall–Kier alpha value is -2.68. The van der Waals surface area contributed by atoms with Crippen LogP contribution in [0.4, 0.5) is 15.9 Å². The van der Waals surface area contributed by atoms with Gasteiger partial charge in [0.2, 0.25) is 0 Å². The van der Waals surface area contributed by atoms with Gasteiger partial charge >= 0.3 is 0 Å². The van der Waals surface area contributed by atoms with Crippen LogP contribution in [0.1, 0.15) is 18.4 Å². The highest BCUT2D eigenvalue weighted by Gasteiger charge is 2.24. The van der Waals surface area contributed by atoms with Gasteiger partial charge < -0.3 is 9.80 Å². The summed E-state index contributed by atoms with van der Waals surface area (Å²) in [6.45, 7) is 1.55. The van der Waals surface area contributed by atoms with Crippen LogP contribution in [0.25, 0.3) is 0 Å². The molecule has 0 unspecified atom stereocenters. The smallest absolute Gasteiger partial charge is 0.151 e. The first-order valence-electron chi connectivity index (χ1n) is 7.64. The SMILES string of the molecule is CN(c1cccnn1)C1CCN(c2ccc(C#N)cc2F)CC1. The van der Waals surface area contributed by atoms with Gasteiger partial charge in [-0.25, -0.2) is 4.39 Å². The maximum Gasteiger partial charge on any atom is 0.151 e. The molecule has 0 spiro atoms. The van der Waals surface area contributed by atoms with E-state index in [0.717, 1.165) is 31.7 Å². The molecule has 2 heterocycles. The van der Waals surface area contributed by atoms with Gasteiger partial charge in [-0.05, 0) is 43.2 Å². The first-order valence-corrected chi connectivity index (χ1v) is 7.64. The molecule has 23 heavy (non-hydrogen) atoms. The van der Waals surface area contributed by atoms with Crippen LogP contribution in [-0.4, -0.2) is 36.4 Å². The van der Waals surface area contributed by atoms with Gasteiger partial charge in [0.1, 0.15) is 5.82 Å². The summed E-state index contributed by atoms with van der Waals surface area (Å²) >= 11 is 0.